The molecule has 0 aromatic heterocycles. The first-order valence-corrected chi connectivity index (χ1v) is 6.05. The Balaban J connectivity index is 2.54. The normalized spacial score (nSPS) is 26.7. The lowest BCUT2D eigenvalue weighted by molar-refractivity contribution is -0.162. The Kier molecular flexibility index (Phi) is 5.22. The highest BCUT2D eigenvalue weighted by Gasteiger charge is 2.42. The van der Waals surface area contributed by atoms with Crippen LogP contribution in [0.4, 0.5) is 0 Å². The van der Waals surface area contributed by atoms with Crippen molar-refractivity contribution < 1.29 is 14.3 Å². The zero-order chi connectivity index (χ0) is 12.0. The van der Waals surface area contributed by atoms with Gasteiger partial charge in [-0.1, -0.05) is 13.3 Å². The second-order valence-electron chi connectivity index (χ2n) is 4.63. The van der Waals surface area contributed by atoms with Crippen molar-refractivity contribution in [2.75, 3.05) is 26.8 Å². The number of esters is 1. The third-order valence-electron chi connectivity index (χ3n) is 3.11. The molecule has 4 heteroatoms. The quantitative estimate of drug-likeness (QED) is 0.698. The van der Waals surface area contributed by atoms with E-state index < -0.39 is 0 Å². The van der Waals surface area contributed by atoms with Gasteiger partial charge in [0.1, 0.15) is 6.10 Å². The lowest BCUT2D eigenvalue weighted by Crippen LogP contribution is -2.37. The fourth-order valence-electron chi connectivity index (χ4n) is 2.29. The van der Waals surface area contributed by atoms with Gasteiger partial charge < -0.3 is 14.8 Å². The molecule has 0 amide bonds. The Bertz CT molecular complexity index is 224. The van der Waals surface area contributed by atoms with Gasteiger partial charge in [-0.2, -0.15) is 0 Å². The molecule has 0 bridgehead atoms. The summed E-state index contributed by atoms with van der Waals surface area (Å²) in [4.78, 5) is 12.1. The first-order chi connectivity index (χ1) is 7.64. The Hall–Kier alpha value is -0.610. The molecule has 1 saturated heterocycles. The Labute approximate surface area is 97.7 Å². The predicted molar refractivity (Wildman–Crippen MR) is 62.3 cm³/mol. The summed E-state index contributed by atoms with van der Waals surface area (Å²) < 4.78 is 10.4. The largest absolute Gasteiger partial charge is 0.460 e. The molecule has 94 valence electrons. The minimum atomic E-state index is -0.295. The van der Waals surface area contributed by atoms with E-state index >= 15 is 0 Å². The van der Waals surface area contributed by atoms with E-state index in [4.69, 9.17) is 9.47 Å². The van der Waals surface area contributed by atoms with E-state index in [0.717, 1.165) is 32.4 Å². The molecule has 16 heavy (non-hydrogen) atoms. The minimum absolute atomic E-state index is 0.0658. The molecule has 0 radical (unpaired) electrons. The molecule has 1 N–H and O–H groups in total. The number of ether oxygens (including phenoxy) is 2. The van der Waals surface area contributed by atoms with E-state index in [9.17, 15) is 4.79 Å². The molecule has 1 aliphatic rings. The summed E-state index contributed by atoms with van der Waals surface area (Å²) in [5, 5.41) is 3.25. The van der Waals surface area contributed by atoms with Crippen LogP contribution in [0.15, 0.2) is 0 Å². The van der Waals surface area contributed by atoms with Crippen LogP contribution >= 0.6 is 0 Å². The van der Waals surface area contributed by atoms with Crippen LogP contribution in [0.5, 0.6) is 0 Å². The number of carbonyl (C=O) groups is 1. The minimum Gasteiger partial charge on any atom is -0.460 e. The summed E-state index contributed by atoms with van der Waals surface area (Å²) in [6.45, 7) is 6.09. The Morgan fingerprint density at radius 1 is 1.56 bits per heavy atom. The van der Waals surface area contributed by atoms with E-state index in [0.29, 0.717) is 6.61 Å². The van der Waals surface area contributed by atoms with Crippen molar-refractivity contribution in [1.29, 1.82) is 0 Å². The number of methoxy groups -OCH3 is 1. The van der Waals surface area contributed by atoms with E-state index in [1.54, 1.807) is 7.11 Å². The van der Waals surface area contributed by atoms with Crippen LogP contribution in [0.3, 0.4) is 0 Å². The van der Waals surface area contributed by atoms with Crippen molar-refractivity contribution in [3.63, 3.8) is 0 Å². The van der Waals surface area contributed by atoms with Crippen molar-refractivity contribution in [3.8, 4) is 0 Å². The van der Waals surface area contributed by atoms with Crippen molar-refractivity contribution >= 4 is 5.97 Å². The molecule has 0 aliphatic carbocycles. The van der Waals surface area contributed by atoms with E-state index in [-0.39, 0.29) is 17.5 Å². The van der Waals surface area contributed by atoms with Gasteiger partial charge in [0, 0.05) is 13.7 Å². The maximum Gasteiger partial charge on any atom is 0.313 e. The van der Waals surface area contributed by atoms with Gasteiger partial charge in [0.25, 0.3) is 0 Å². The molecular formula is C12H23NO3. The maximum atomic E-state index is 12.1. The van der Waals surface area contributed by atoms with E-state index in [1.165, 1.54) is 0 Å². The summed E-state index contributed by atoms with van der Waals surface area (Å²) in [5.74, 6) is -0.0658. The fraction of sp³-hybridized carbons (Fsp3) is 0.917. The maximum absolute atomic E-state index is 12.1. The van der Waals surface area contributed by atoms with Gasteiger partial charge >= 0.3 is 5.97 Å². The highest BCUT2D eigenvalue weighted by Crippen LogP contribution is 2.32. The van der Waals surface area contributed by atoms with Gasteiger partial charge in [0.2, 0.25) is 0 Å². The van der Waals surface area contributed by atoms with Crippen LogP contribution in [-0.4, -0.2) is 38.9 Å². The second kappa shape index (κ2) is 6.21. The van der Waals surface area contributed by atoms with Crippen LogP contribution in [0.2, 0.25) is 0 Å². The number of nitrogens with one attached hydrogen (secondary N) is 1. The highest BCUT2D eigenvalue weighted by atomic mass is 16.6. The Morgan fingerprint density at radius 3 is 2.81 bits per heavy atom. The van der Waals surface area contributed by atoms with Gasteiger partial charge in [-0.05, 0) is 26.3 Å². The molecular weight excluding hydrogens is 206 g/mol. The lowest BCUT2D eigenvalue weighted by atomic mass is 9.82. The van der Waals surface area contributed by atoms with E-state index in [1.807, 2.05) is 6.92 Å². The molecule has 0 aromatic carbocycles. The van der Waals surface area contributed by atoms with Gasteiger partial charge in [-0.25, -0.2) is 0 Å². The first kappa shape index (κ1) is 13.5. The fourth-order valence-corrected chi connectivity index (χ4v) is 2.29. The predicted octanol–water partition coefficient (Wildman–Crippen LogP) is 1.34. The SMILES string of the molecule is CCCC1(C(=O)OC(C)COC)CCNC1. The molecule has 2 atom stereocenters. The summed E-state index contributed by atoms with van der Waals surface area (Å²) in [6.07, 6.45) is 2.64. The smallest absolute Gasteiger partial charge is 0.313 e. The average molecular weight is 229 g/mol. The zero-order valence-electron chi connectivity index (χ0n) is 10.5. The van der Waals surface area contributed by atoms with Gasteiger partial charge in [0.15, 0.2) is 0 Å². The van der Waals surface area contributed by atoms with Gasteiger partial charge in [-0.3, -0.25) is 4.79 Å². The van der Waals surface area contributed by atoms with Crippen LogP contribution in [-0.2, 0) is 14.3 Å². The van der Waals surface area contributed by atoms with Crippen molar-refractivity contribution in [3.05, 3.63) is 0 Å². The highest BCUT2D eigenvalue weighted by molar-refractivity contribution is 5.77. The Morgan fingerprint density at radius 2 is 2.31 bits per heavy atom. The molecule has 1 heterocycles. The summed E-state index contributed by atoms with van der Waals surface area (Å²) in [5.41, 5.74) is -0.295. The zero-order valence-corrected chi connectivity index (χ0v) is 10.5. The van der Waals surface area contributed by atoms with E-state index in [2.05, 4.69) is 12.2 Å². The third kappa shape index (κ3) is 3.19. The van der Waals surface area contributed by atoms with Crippen LogP contribution in [0.1, 0.15) is 33.1 Å². The number of hydrogen-bond donors (Lipinski definition) is 1. The number of hydrogen-bond acceptors (Lipinski definition) is 4. The summed E-state index contributed by atoms with van der Waals surface area (Å²) in [7, 11) is 1.61. The number of rotatable bonds is 6. The monoisotopic (exact) mass is 229 g/mol. The molecule has 4 nitrogen and oxygen atoms in total. The van der Waals surface area contributed by atoms with Gasteiger partial charge in [0.05, 0.1) is 12.0 Å². The van der Waals surface area contributed by atoms with Crippen molar-refractivity contribution in [1.82, 2.24) is 5.32 Å². The molecule has 0 aromatic rings. The van der Waals surface area contributed by atoms with Crippen LogP contribution in [0, 0.1) is 5.41 Å². The van der Waals surface area contributed by atoms with Crippen molar-refractivity contribution in [2.45, 2.75) is 39.2 Å². The standard InChI is InChI=1S/C12H23NO3/c1-4-5-12(6-7-13-9-12)11(14)16-10(2)8-15-3/h10,13H,4-9H2,1-3H3. The molecule has 1 aliphatic heterocycles. The molecule has 0 spiro atoms. The second-order valence-corrected chi connectivity index (χ2v) is 4.63. The number of carbonyl (C=O) groups excluding carboxylic acids is 1. The molecule has 1 rings (SSSR count). The van der Waals surface area contributed by atoms with Crippen LogP contribution < -0.4 is 5.32 Å². The summed E-state index contributed by atoms with van der Waals surface area (Å²) >= 11 is 0. The average Bonchev–Trinajstić information content (AvgIpc) is 2.68. The van der Waals surface area contributed by atoms with Gasteiger partial charge in [-0.15, -0.1) is 0 Å². The lowest BCUT2D eigenvalue weighted by Gasteiger charge is -2.27. The molecule has 0 saturated carbocycles. The third-order valence-corrected chi connectivity index (χ3v) is 3.11. The molecule has 1 fully saturated rings. The topological polar surface area (TPSA) is 47.6 Å². The van der Waals surface area contributed by atoms with Crippen LogP contribution in [0.25, 0.3) is 0 Å². The molecule has 2 unspecified atom stereocenters. The first-order valence-electron chi connectivity index (χ1n) is 6.05. The van der Waals surface area contributed by atoms with Crippen molar-refractivity contribution in [2.24, 2.45) is 5.41 Å². The summed E-state index contributed by atoms with van der Waals surface area (Å²) in [6, 6.07) is 0.